The van der Waals surface area contributed by atoms with E-state index in [1.54, 1.807) is 24.3 Å². The molecule has 1 unspecified atom stereocenters. The van der Waals surface area contributed by atoms with Gasteiger partial charge in [0.1, 0.15) is 12.1 Å². The van der Waals surface area contributed by atoms with E-state index in [0.717, 1.165) is 4.68 Å². The van der Waals surface area contributed by atoms with Gasteiger partial charge in [0.25, 0.3) is 5.56 Å². The van der Waals surface area contributed by atoms with Crippen LogP contribution in [-0.4, -0.2) is 50.0 Å². The van der Waals surface area contributed by atoms with E-state index in [0.29, 0.717) is 23.9 Å². The number of nitrogens with zero attached hydrogens (tertiary/aromatic N) is 4. The molecule has 0 saturated carbocycles. The summed E-state index contributed by atoms with van der Waals surface area (Å²) in [4.78, 5) is 36.8. The van der Waals surface area contributed by atoms with Crippen LogP contribution in [0.5, 0.6) is 0 Å². The van der Waals surface area contributed by atoms with Crippen LogP contribution in [0.15, 0.2) is 29.1 Å². The number of aromatic nitrogens is 3. The Morgan fingerprint density at radius 1 is 1.30 bits per heavy atom. The second-order valence-corrected chi connectivity index (χ2v) is 5.23. The zero-order valence-electron chi connectivity index (χ0n) is 12.1. The molecule has 0 spiro atoms. The van der Waals surface area contributed by atoms with Crippen molar-refractivity contribution in [2.45, 2.75) is 13.0 Å². The number of carbonyl (C=O) groups is 2. The Labute approximate surface area is 137 Å². The number of carboxylic acid groups (broad SMARTS) is 1. The van der Waals surface area contributed by atoms with Crippen molar-refractivity contribution in [1.29, 1.82) is 0 Å². The van der Waals surface area contributed by atoms with Crippen molar-refractivity contribution in [1.82, 2.24) is 19.9 Å². The lowest BCUT2D eigenvalue weighted by molar-refractivity contribution is -0.141. The third-order valence-corrected chi connectivity index (χ3v) is 3.80. The number of amides is 1. The van der Waals surface area contributed by atoms with E-state index in [1.165, 1.54) is 4.90 Å². The molecule has 23 heavy (non-hydrogen) atoms. The van der Waals surface area contributed by atoms with Crippen LogP contribution in [0.25, 0.3) is 10.9 Å². The first-order chi connectivity index (χ1) is 10.6. The molecule has 0 aliphatic carbocycles. The van der Waals surface area contributed by atoms with Gasteiger partial charge in [-0.2, -0.15) is 0 Å². The number of carbonyl (C=O) groups excluding carboxylic acids is 1. The average molecular weight is 339 g/mol. The fraction of sp³-hybridized carbons (Fsp3) is 0.357. The number of fused-ring (bicyclic) bond motifs is 1. The number of aliphatic carboxylic acids is 1. The van der Waals surface area contributed by atoms with Crippen LogP contribution in [0.1, 0.15) is 6.42 Å². The zero-order chi connectivity index (χ0) is 15.7. The van der Waals surface area contributed by atoms with Crippen molar-refractivity contribution in [2.24, 2.45) is 5.92 Å². The lowest BCUT2D eigenvalue weighted by Gasteiger charge is -2.15. The normalized spacial score (nSPS) is 17.0. The second kappa shape index (κ2) is 6.74. The summed E-state index contributed by atoms with van der Waals surface area (Å²) < 4.78 is 1.01. The fourth-order valence-corrected chi connectivity index (χ4v) is 2.54. The Hall–Kier alpha value is -2.48. The van der Waals surface area contributed by atoms with Crippen molar-refractivity contribution >= 4 is 35.2 Å². The predicted molar refractivity (Wildman–Crippen MR) is 83.4 cm³/mol. The summed E-state index contributed by atoms with van der Waals surface area (Å²) in [5.41, 5.74) is 0.0937. The molecule has 1 amide bonds. The first-order valence-electron chi connectivity index (χ1n) is 6.89. The molecule has 1 aliphatic heterocycles. The Bertz CT molecular complexity index is 807. The number of rotatable bonds is 3. The van der Waals surface area contributed by atoms with Gasteiger partial charge in [0.05, 0.1) is 11.3 Å². The van der Waals surface area contributed by atoms with Crippen molar-refractivity contribution < 1.29 is 14.7 Å². The highest BCUT2D eigenvalue weighted by atomic mass is 35.5. The van der Waals surface area contributed by atoms with Crippen LogP contribution in [0.4, 0.5) is 0 Å². The molecule has 1 N–H and O–H groups in total. The van der Waals surface area contributed by atoms with E-state index in [1.807, 2.05) is 0 Å². The van der Waals surface area contributed by atoms with Gasteiger partial charge >= 0.3 is 5.97 Å². The van der Waals surface area contributed by atoms with E-state index in [9.17, 15) is 14.4 Å². The molecule has 122 valence electrons. The van der Waals surface area contributed by atoms with E-state index in [2.05, 4.69) is 10.3 Å². The van der Waals surface area contributed by atoms with Crippen LogP contribution >= 0.6 is 12.4 Å². The van der Waals surface area contributed by atoms with Gasteiger partial charge < -0.3 is 10.0 Å². The molecule has 9 heteroatoms. The molecule has 3 rings (SSSR count). The van der Waals surface area contributed by atoms with Crippen molar-refractivity contribution in [3.8, 4) is 0 Å². The topological polar surface area (TPSA) is 105 Å². The lowest BCUT2D eigenvalue weighted by atomic mass is 10.1. The number of carboxylic acids is 1. The van der Waals surface area contributed by atoms with Gasteiger partial charge in [0.2, 0.25) is 5.91 Å². The van der Waals surface area contributed by atoms with Gasteiger partial charge in [-0.1, -0.05) is 17.3 Å². The lowest BCUT2D eigenvalue weighted by Crippen LogP contribution is -2.37. The van der Waals surface area contributed by atoms with Crippen molar-refractivity contribution in [2.75, 3.05) is 13.1 Å². The minimum atomic E-state index is -0.905. The molecule has 1 fully saturated rings. The average Bonchev–Trinajstić information content (AvgIpc) is 3.00. The monoisotopic (exact) mass is 338 g/mol. The SMILES string of the molecule is Cl.O=C(O)C1CCN(C(=O)Cn2nnc3ccccc3c2=O)C1. The Kier molecular flexibility index (Phi) is 4.95. The molecule has 2 aromatic rings. The smallest absolute Gasteiger partial charge is 0.308 e. The molecular formula is C14H15ClN4O4. The maximum absolute atomic E-state index is 12.2. The summed E-state index contributed by atoms with van der Waals surface area (Å²) in [6.45, 7) is 0.318. The molecule has 1 saturated heterocycles. The van der Waals surface area contributed by atoms with Crippen molar-refractivity contribution in [3.05, 3.63) is 34.6 Å². The summed E-state index contributed by atoms with van der Waals surface area (Å²) in [7, 11) is 0. The molecular weight excluding hydrogens is 324 g/mol. The molecule has 1 aromatic carbocycles. The van der Waals surface area contributed by atoms with Gasteiger partial charge in [-0.05, 0) is 18.6 Å². The number of benzene rings is 1. The number of hydrogen-bond acceptors (Lipinski definition) is 5. The fourth-order valence-electron chi connectivity index (χ4n) is 2.54. The predicted octanol–water partition coefficient (Wildman–Crippen LogP) is 0.146. The maximum Gasteiger partial charge on any atom is 0.308 e. The Morgan fingerprint density at radius 3 is 2.74 bits per heavy atom. The quantitative estimate of drug-likeness (QED) is 0.853. The van der Waals surface area contributed by atoms with E-state index >= 15 is 0 Å². The largest absolute Gasteiger partial charge is 0.481 e. The van der Waals surface area contributed by atoms with Gasteiger partial charge in [-0.25, -0.2) is 4.68 Å². The summed E-state index contributed by atoms with van der Waals surface area (Å²) in [6, 6.07) is 6.77. The van der Waals surface area contributed by atoms with Crippen LogP contribution in [-0.2, 0) is 16.1 Å². The Balaban J connectivity index is 0.00000192. The maximum atomic E-state index is 12.2. The highest BCUT2D eigenvalue weighted by Gasteiger charge is 2.31. The Morgan fingerprint density at radius 2 is 2.04 bits per heavy atom. The third kappa shape index (κ3) is 3.31. The molecule has 8 nitrogen and oxygen atoms in total. The summed E-state index contributed by atoms with van der Waals surface area (Å²) in [5.74, 6) is -1.77. The van der Waals surface area contributed by atoms with Gasteiger partial charge in [-0.3, -0.25) is 14.4 Å². The minimum Gasteiger partial charge on any atom is -0.481 e. The first-order valence-corrected chi connectivity index (χ1v) is 6.89. The number of hydrogen-bond donors (Lipinski definition) is 1. The van der Waals surface area contributed by atoms with Crippen LogP contribution in [0.3, 0.4) is 0 Å². The summed E-state index contributed by atoms with van der Waals surface area (Å²) >= 11 is 0. The van der Waals surface area contributed by atoms with Gasteiger partial charge in [0, 0.05) is 13.1 Å². The van der Waals surface area contributed by atoms with Gasteiger partial charge in [-0.15, -0.1) is 17.5 Å². The number of halogens is 1. The highest BCUT2D eigenvalue weighted by Crippen LogP contribution is 2.16. The molecule has 1 atom stereocenters. The molecule has 0 radical (unpaired) electrons. The first kappa shape index (κ1) is 16.9. The van der Waals surface area contributed by atoms with Crippen molar-refractivity contribution in [3.63, 3.8) is 0 Å². The van der Waals surface area contributed by atoms with Crippen LogP contribution < -0.4 is 5.56 Å². The summed E-state index contributed by atoms with van der Waals surface area (Å²) in [6.07, 6.45) is 0.430. The van der Waals surface area contributed by atoms with E-state index in [4.69, 9.17) is 5.11 Å². The van der Waals surface area contributed by atoms with E-state index in [-0.39, 0.29) is 37.0 Å². The zero-order valence-corrected chi connectivity index (χ0v) is 12.9. The molecule has 0 bridgehead atoms. The second-order valence-electron chi connectivity index (χ2n) is 5.23. The molecule has 2 heterocycles. The van der Waals surface area contributed by atoms with E-state index < -0.39 is 11.9 Å². The molecule has 1 aromatic heterocycles. The van der Waals surface area contributed by atoms with Crippen LogP contribution in [0.2, 0.25) is 0 Å². The summed E-state index contributed by atoms with van der Waals surface area (Å²) in [5, 5.41) is 17.0. The third-order valence-electron chi connectivity index (χ3n) is 3.80. The highest BCUT2D eigenvalue weighted by molar-refractivity contribution is 5.85. The molecule has 1 aliphatic rings. The van der Waals surface area contributed by atoms with Crippen LogP contribution in [0, 0.1) is 5.92 Å². The number of likely N-dealkylation sites (tertiary alicyclic amines) is 1. The van der Waals surface area contributed by atoms with Gasteiger partial charge in [0.15, 0.2) is 0 Å². The minimum absolute atomic E-state index is 0. The standard InChI is InChI=1S/C14H14N4O4.ClH/c19-12(17-6-5-9(7-17)14(21)22)8-18-13(20)10-3-1-2-4-11(10)15-16-18;/h1-4,9H,5-8H2,(H,21,22);1H.